The molecule has 0 atom stereocenters. The molecule has 26 heavy (non-hydrogen) atoms. The molecule has 134 valence electrons. The largest absolute Gasteiger partial charge is 0.395 e. The van der Waals surface area contributed by atoms with Crippen molar-refractivity contribution < 1.29 is 14.7 Å². The van der Waals surface area contributed by atoms with Gasteiger partial charge in [-0.05, 0) is 66.3 Å². The van der Waals surface area contributed by atoms with Crippen LogP contribution in [0.25, 0.3) is 11.1 Å². The molecular formula is C21H22N2O3. The maximum atomic E-state index is 12.3. The Kier molecular flexibility index (Phi) is 4.24. The molecule has 0 aromatic heterocycles. The predicted octanol–water partition coefficient (Wildman–Crippen LogP) is 2.50. The van der Waals surface area contributed by atoms with E-state index in [0.29, 0.717) is 30.3 Å². The van der Waals surface area contributed by atoms with Gasteiger partial charge in [0.15, 0.2) is 0 Å². The number of hydrogen-bond acceptors (Lipinski definition) is 3. The molecule has 2 N–H and O–H groups in total. The highest BCUT2D eigenvalue weighted by Crippen LogP contribution is 2.31. The zero-order valence-corrected chi connectivity index (χ0v) is 14.8. The van der Waals surface area contributed by atoms with Crippen molar-refractivity contribution in [2.24, 2.45) is 0 Å². The summed E-state index contributed by atoms with van der Waals surface area (Å²) in [4.78, 5) is 26.3. The van der Waals surface area contributed by atoms with Gasteiger partial charge in [0.25, 0.3) is 11.8 Å². The van der Waals surface area contributed by atoms with Crippen LogP contribution in [-0.4, -0.2) is 41.0 Å². The Hall–Kier alpha value is -2.66. The van der Waals surface area contributed by atoms with Crippen LogP contribution in [0.5, 0.6) is 0 Å². The van der Waals surface area contributed by atoms with E-state index < -0.39 is 0 Å². The lowest BCUT2D eigenvalue weighted by atomic mass is 9.95. The van der Waals surface area contributed by atoms with E-state index in [2.05, 4.69) is 5.32 Å². The summed E-state index contributed by atoms with van der Waals surface area (Å²) < 4.78 is 0. The minimum Gasteiger partial charge on any atom is -0.395 e. The zero-order valence-electron chi connectivity index (χ0n) is 14.8. The minimum atomic E-state index is -0.0379. The van der Waals surface area contributed by atoms with Gasteiger partial charge in [0.1, 0.15) is 0 Å². The predicted molar refractivity (Wildman–Crippen MR) is 98.9 cm³/mol. The molecule has 4 rings (SSSR count). The van der Waals surface area contributed by atoms with Crippen molar-refractivity contribution in [1.82, 2.24) is 10.2 Å². The van der Waals surface area contributed by atoms with E-state index in [0.717, 1.165) is 35.1 Å². The molecule has 1 fully saturated rings. The third-order valence-corrected chi connectivity index (χ3v) is 5.08. The first-order valence-electron chi connectivity index (χ1n) is 9.02. The molecule has 5 nitrogen and oxygen atoms in total. The van der Waals surface area contributed by atoms with Gasteiger partial charge in [-0.2, -0.15) is 0 Å². The number of nitrogens with one attached hydrogen (secondary N) is 1. The average molecular weight is 350 g/mol. The summed E-state index contributed by atoms with van der Waals surface area (Å²) in [5, 5.41) is 12.1. The number of carbonyl (C=O) groups excluding carboxylic acids is 2. The number of hydrogen-bond donors (Lipinski definition) is 2. The summed E-state index contributed by atoms with van der Waals surface area (Å²) in [7, 11) is 0. The van der Waals surface area contributed by atoms with Gasteiger partial charge in [-0.15, -0.1) is 0 Å². The van der Waals surface area contributed by atoms with Crippen LogP contribution in [0.3, 0.4) is 0 Å². The summed E-state index contributed by atoms with van der Waals surface area (Å²) in [6, 6.07) is 11.9. The van der Waals surface area contributed by atoms with Crippen LogP contribution >= 0.6 is 0 Å². The molecule has 0 radical (unpaired) electrons. The number of aliphatic hydroxyl groups excluding tert-OH is 1. The van der Waals surface area contributed by atoms with E-state index >= 15 is 0 Å². The summed E-state index contributed by atoms with van der Waals surface area (Å²) >= 11 is 0. The molecule has 2 amide bonds. The number of nitrogens with zero attached hydrogens (tertiary/aromatic N) is 1. The maximum Gasteiger partial charge on any atom is 0.254 e. The van der Waals surface area contributed by atoms with E-state index in [1.807, 2.05) is 43.3 Å². The lowest BCUT2D eigenvalue weighted by molar-refractivity contribution is 0.0745. The van der Waals surface area contributed by atoms with E-state index in [1.54, 1.807) is 4.90 Å². The molecule has 2 aromatic carbocycles. The monoisotopic (exact) mass is 350 g/mol. The van der Waals surface area contributed by atoms with Crippen molar-refractivity contribution >= 4 is 11.8 Å². The van der Waals surface area contributed by atoms with Gasteiger partial charge < -0.3 is 15.3 Å². The first kappa shape index (κ1) is 16.8. The molecule has 0 saturated heterocycles. The van der Waals surface area contributed by atoms with Gasteiger partial charge in [-0.1, -0.05) is 12.1 Å². The maximum absolute atomic E-state index is 12.3. The van der Waals surface area contributed by atoms with Gasteiger partial charge in [-0.3, -0.25) is 9.59 Å². The SMILES string of the molecule is Cc1ccc(C(=O)NC2CC2)cc1-c1ccc2c(c1)CN(CCO)C2=O. The third kappa shape index (κ3) is 3.10. The number of aryl methyl sites for hydroxylation is 1. The van der Waals surface area contributed by atoms with Crippen molar-refractivity contribution in [3.05, 3.63) is 58.7 Å². The van der Waals surface area contributed by atoms with Crippen LogP contribution < -0.4 is 5.32 Å². The summed E-state index contributed by atoms with van der Waals surface area (Å²) in [5.74, 6) is -0.0610. The highest BCUT2D eigenvalue weighted by atomic mass is 16.3. The van der Waals surface area contributed by atoms with Gasteiger partial charge in [0.2, 0.25) is 0 Å². The highest BCUT2D eigenvalue weighted by molar-refractivity contribution is 5.99. The molecule has 1 aliphatic heterocycles. The van der Waals surface area contributed by atoms with Crippen molar-refractivity contribution in [2.75, 3.05) is 13.2 Å². The molecule has 0 unspecified atom stereocenters. The number of carbonyl (C=O) groups is 2. The van der Waals surface area contributed by atoms with Crippen LogP contribution in [0.4, 0.5) is 0 Å². The number of β-amino-alcohol motifs (C(OH)–C–C–N with tert-alkyl or cyclic N) is 1. The fourth-order valence-electron chi connectivity index (χ4n) is 3.42. The van der Waals surface area contributed by atoms with Crippen LogP contribution in [-0.2, 0) is 6.54 Å². The van der Waals surface area contributed by atoms with Crippen LogP contribution in [0, 0.1) is 6.92 Å². The molecule has 2 aliphatic rings. The second-order valence-corrected chi connectivity index (χ2v) is 7.10. The Bertz CT molecular complexity index is 887. The van der Waals surface area contributed by atoms with E-state index in [9.17, 15) is 9.59 Å². The molecule has 2 aromatic rings. The Labute approximate surface area is 152 Å². The topological polar surface area (TPSA) is 69.6 Å². The van der Waals surface area contributed by atoms with Crippen LogP contribution in [0.1, 0.15) is 44.7 Å². The fourth-order valence-corrected chi connectivity index (χ4v) is 3.42. The van der Waals surface area contributed by atoms with E-state index in [1.165, 1.54) is 0 Å². The second kappa shape index (κ2) is 6.57. The zero-order chi connectivity index (χ0) is 18.3. The standard InChI is InChI=1S/C21H22N2O3/c1-13-2-3-15(20(25)22-17-5-6-17)11-19(13)14-4-7-18-16(10-14)12-23(8-9-24)21(18)26/h2-4,7,10-11,17,24H,5-6,8-9,12H2,1H3,(H,22,25). The highest BCUT2D eigenvalue weighted by Gasteiger charge is 2.27. The first-order valence-corrected chi connectivity index (χ1v) is 9.02. The van der Waals surface area contributed by atoms with E-state index in [-0.39, 0.29) is 18.4 Å². The Morgan fingerprint density at radius 2 is 2.00 bits per heavy atom. The lowest BCUT2D eigenvalue weighted by Crippen LogP contribution is -2.26. The van der Waals surface area contributed by atoms with Crippen molar-refractivity contribution in [2.45, 2.75) is 32.4 Å². The number of amides is 2. The first-order chi connectivity index (χ1) is 12.6. The van der Waals surface area contributed by atoms with Gasteiger partial charge in [0.05, 0.1) is 6.61 Å². The molecule has 1 heterocycles. The van der Waals surface area contributed by atoms with Crippen LogP contribution in [0.2, 0.25) is 0 Å². The second-order valence-electron chi connectivity index (χ2n) is 7.10. The lowest BCUT2D eigenvalue weighted by Gasteiger charge is -2.12. The Morgan fingerprint density at radius 3 is 2.73 bits per heavy atom. The Morgan fingerprint density at radius 1 is 1.19 bits per heavy atom. The molecule has 0 bridgehead atoms. The van der Waals surface area contributed by atoms with Gasteiger partial charge >= 0.3 is 0 Å². The van der Waals surface area contributed by atoms with Gasteiger partial charge in [0, 0.05) is 30.3 Å². The smallest absolute Gasteiger partial charge is 0.254 e. The third-order valence-electron chi connectivity index (χ3n) is 5.08. The Balaban J connectivity index is 1.65. The molecule has 5 heteroatoms. The molecule has 1 saturated carbocycles. The quantitative estimate of drug-likeness (QED) is 0.870. The normalized spacial score (nSPS) is 15.9. The summed E-state index contributed by atoms with van der Waals surface area (Å²) in [5.41, 5.74) is 5.42. The van der Waals surface area contributed by atoms with Crippen molar-refractivity contribution in [3.8, 4) is 11.1 Å². The van der Waals surface area contributed by atoms with Crippen molar-refractivity contribution in [3.63, 3.8) is 0 Å². The number of benzene rings is 2. The fraction of sp³-hybridized carbons (Fsp3) is 0.333. The minimum absolute atomic E-state index is 0.0285. The van der Waals surface area contributed by atoms with Crippen LogP contribution in [0.15, 0.2) is 36.4 Å². The van der Waals surface area contributed by atoms with Crippen molar-refractivity contribution in [1.29, 1.82) is 0 Å². The summed E-state index contributed by atoms with van der Waals surface area (Å²) in [6.45, 7) is 2.85. The van der Waals surface area contributed by atoms with Gasteiger partial charge in [-0.25, -0.2) is 0 Å². The number of fused-ring (bicyclic) bond motifs is 1. The molecule has 0 spiro atoms. The molecule has 1 aliphatic carbocycles. The number of rotatable bonds is 5. The van der Waals surface area contributed by atoms with E-state index in [4.69, 9.17) is 5.11 Å². The number of aliphatic hydroxyl groups is 1. The average Bonchev–Trinajstić information content (AvgIpc) is 3.39. The molecular weight excluding hydrogens is 328 g/mol. The summed E-state index contributed by atoms with van der Waals surface area (Å²) in [6.07, 6.45) is 2.13.